The van der Waals surface area contributed by atoms with Crippen LogP contribution in [0, 0.1) is 0 Å². The minimum absolute atomic E-state index is 0.737. The average Bonchev–Trinajstić information content (AvgIpc) is 2.39. The highest BCUT2D eigenvalue weighted by molar-refractivity contribution is 6.30. The Bertz CT molecular complexity index is 500. The summed E-state index contributed by atoms with van der Waals surface area (Å²) in [5.41, 5.74) is 2.13. The van der Waals surface area contributed by atoms with Crippen LogP contribution >= 0.6 is 11.6 Å². The molecular formula is C15H13ClO. The Hall–Kier alpha value is -1.73. The van der Waals surface area contributed by atoms with Crippen LogP contribution in [0.2, 0.25) is 5.02 Å². The van der Waals surface area contributed by atoms with Crippen molar-refractivity contribution in [1.29, 1.82) is 0 Å². The van der Waals surface area contributed by atoms with Crippen LogP contribution < -0.4 is 0 Å². The summed E-state index contributed by atoms with van der Waals surface area (Å²) in [6, 6.07) is 17.7. The summed E-state index contributed by atoms with van der Waals surface area (Å²) in [4.78, 5) is 0. The van der Waals surface area contributed by atoms with Crippen molar-refractivity contribution in [2.45, 2.75) is 0 Å². The summed E-state index contributed by atoms with van der Waals surface area (Å²) in [5.74, 6) is 0.841. The van der Waals surface area contributed by atoms with E-state index in [0.717, 1.165) is 21.9 Å². The first-order valence-corrected chi connectivity index (χ1v) is 5.74. The molecule has 0 aliphatic carbocycles. The van der Waals surface area contributed by atoms with Crippen LogP contribution in [0.1, 0.15) is 11.1 Å². The molecule has 0 radical (unpaired) electrons. The van der Waals surface area contributed by atoms with E-state index >= 15 is 0 Å². The largest absolute Gasteiger partial charge is 0.496 e. The number of rotatable bonds is 3. The number of hydrogen-bond donors (Lipinski definition) is 0. The summed E-state index contributed by atoms with van der Waals surface area (Å²) in [7, 11) is 1.68. The summed E-state index contributed by atoms with van der Waals surface area (Å²) in [6.07, 6.45) is 1.99. The van der Waals surface area contributed by atoms with E-state index in [9.17, 15) is 0 Å². The van der Waals surface area contributed by atoms with Gasteiger partial charge in [0.2, 0.25) is 0 Å². The van der Waals surface area contributed by atoms with Gasteiger partial charge in [-0.15, -0.1) is 0 Å². The average molecular weight is 245 g/mol. The van der Waals surface area contributed by atoms with Gasteiger partial charge in [0.25, 0.3) is 0 Å². The molecule has 0 aliphatic rings. The first kappa shape index (κ1) is 11.7. The van der Waals surface area contributed by atoms with Gasteiger partial charge < -0.3 is 4.74 Å². The molecule has 0 saturated carbocycles. The van der Waals surface area contributed by atoms with Gasteiger partial charge >= 0.3 is 0 Å². The molecule has 0 unspecified atom stereocenters. The quantitative estimate of drug-likeness (QED) is 0.571. The van der Waals surface area contributed by atoms with E-state index < -0.39 is 0 Å². The molecule has 0 aromatic heterocycles. The van der Waals surface area contributed by atoms with Crippen molar-refractivity contribution >= 4 is 23.4 Å². The molecular weight excluding hydrogens is 232 g/mol. The highest BCUT2D eigenvalue weighted by atomic mass is 35.5. The van der Waals surface area contributed by atoms with Gasteiger partial charge in [-0.3, -0.25) is 0 Å². The molecule has 0 bridgehead atoms. The topological polar surface area (TPSA) is 9.23 Å². The number of methoxy groups -OCH3 is 1. The van der Waals surface area contributed by atoms with Crippen molar-refractivity contribution in [1.82, 2.24) is 0 Å². The molecule has 0 spiro atoms. The predicted molar refractivity (Wildman–Crippen MR) is 72.8 cm³/mol. The molecule has 0 fully saturated rings. The lowest BCUT2D eigenvalue weighted by molar-refractivity contribution is 0.372. The van der Waals surface area contributed by atoms with E-state index in [2.05, 4.69) is 0 Å². The zero-order valence-corrected chi connectivity index (χ0v) is 10.3. The lowest BCUT2D eigenvalue weighted by atomic mass is 10.1. The van der Waals surface area contributed by atoms with Crippen LogP contribution in [0.4, 0.5) is 0 Å². The van der Waals surface area contributed by atoms with E-state index in [4.69, 9.17) is 16.3 Å². The molecule has 0 aliphatic heterocycles. The minimum Gasteiger partial charge on any atom is -0.496 e. The lowest BCUT2D eigenvalue weighted by Gasteiger charge is -2.06. The SMILES string of the molecule is CO/C(=C/c1ccc(Cl)cc1)c1ccccc1. The van der Waals surface area contributed by atoms with Crippen molar-refractivity contribution in [3.05, 3.63) is 70.7 Å². The van der Waals surface area contributed by atoms with Crippen LogP contribution in [0.5, 0.6) is 0 Å². The Morgan fingerprint density at radius 2 is 1.65 bits per heavy atom. The second kappa shape index (κ2) is 5.55. The van der Waals surface area contributed by atoms with Crippen molar-refractivity contribution in [2.24, 2.45) is 0 Å². The molecule has 2 rings (SSSR count). The maximum Gasteiger partial charge on any atom is 0.126 e. The summed E-state index contributed by atoms with van der Waals surface area (Å²) < 4.78 is 5.40. The maximum absolute atomic E-state index is 5.85. The van der Waals surface area contributed by atoms with Gasteiger partial charge in [0, 0.05) is 10.6 Å². The zero-order valence-electron chi connectivity index (χ0n) is 9.56. The molecule has 1 nitrogen and oxygen atoms in total. The van der Waals surface area contributed by atoms with E-state index in [1.807, 2.05) is 60.7 Å². The van der Waals surface area contributed by atoms with Crippen LogP contribution in [0.15, 0.2) is 54.6 Å². The fourth-order valence-electron chi connectivity index (χ4n) is 1.57. The van der Waals surface area contributed by atoms with Gasteiger partial charge in [0.05, 0.1) is 7.11 Å². The van der Waals surface area contributed by atoms with Gasteiger partial charge in [0.1, 0.15) is 5.76 Å². The fourth-order valence-corrected chi connectivity index (χ4v) is 1.70. The molecule has 0 atom stereocenters. The smallest absolute Gasteiger partial charge is 0.126 e. The molecule has 0 saturated heterocycles. The number of halogens is 1. The zero-order chi connectivity index (χ0) is 12.1. The van der Waals surface area contributed by atoms with E-state index in [0.29, 0.717) is 0 Å². The minimum atomic E-state index is 0.737. The van der Waals surface area contributed by atoms with Gasteiger partial charge in [0.15, 0.2) is 0 Å². The number of ether oxygens (including phenoxy) is 1. The summed E-state index contributed by atoms with van der Waals surface area (Å²) in [5, 5.41) is 0.737. The Morgan fingerprint density at radius 3 is 2.24 bits per heavy atom. The van der Waals surface area contributed by atoms with Gasteiger partial charge in [-0.05, 0) is 23.8 Å². The highest BCUT2D eigenvalue weighted by Gasteiger charge is 2.00. The lowest BCUT2D eigenvalue weighted by Crippen LogP contribution is -1.86. The van der Waals surface area contributed by atoms with E-state index in [1.54, 1.807) is 7.11 Å². The van der Waals surface area contributed by atoms with E-state index in [1.165, 1.54) is 0 Å². The first-order valence-electron chi connectivity index (χ1n) is 5.36. The van der Waals surface area contributed by atoms with Gasteiger partial charge in [-0.1, -0.05) is 54.1 Å². The molecule has 0 N–H and O–H groups in total. The standard InChI is InChI=1S/C15H13ClO/c1-17-15(13-5-3-2-4-6-13)11-12-7-9-14(16)10-8-12/h2-11H,1H3/b15-11+. The van der Waals surface area contributed by atoms with Crippen LogP contribution in [0.25, 0.3) is 11.8 Å². The van der Waals surface area contributed by atoms with Crippen molar-refractivity contribution in [2.75, 3.05) is 7.11 Å². The maximum atomic E-state index is 5.85. The molecule has 0 amide bonds. The Balaban J connectivity index is 2.33. The number of benzene rings is 2. The third kappa shape index (κ3) is 3.11. The van der Waals surface area contributed by atoms with Crippen molar-refractivity contribution in [3.8, 4) is 0 Å². The number of hydrogen-bond acceptors (Lipinski definition) is 1. The Kier molecular flexibility index (Phi) is 3.84. The monoisotopic (exact) mass is 244 g/mol. The predicted octanol–water partition coefficient (Wildman–Crippen LogP) is 4.48. The first-order chi connectivity index (χ1) is 8.29. The van der Waals surface area contributed by atoms with Gasteiger partial charge in [-0.25, -0.2) is 0 Å². The van der Waals surface area contributed by atoms with Crippen LogP contribution in [0.3, 0.4) is 0 Å². The summed E-state index contributed by atoms with van der Waals surface area (Å²) in [6.45, 7) is 0. The van der Waals surface area contributed by atoms with Crippen molar-refractivity contribution < 1.29 is 4.74 Å². The summed E-state index contributed by atoms with van der Waals surface area (Å²) >= 11 is 5.85. The second-order valence-electron chi connectivity index (χ2n) is 3.63. The molecule has 2 aromatic rings. The third-order valence-corrected chi connectivity index (χ3v) is 2.70. The fraction of sp³-hybridized carbons (Fsp3) is 0.0667. The van der Waals surface area contributed by atoms with Crippen molar-refractivity contribution in [3.63, 3.8) is 0 Å². The second-order valence-corrected chi connectivity index (χ2v) is 4.07. The third-order valence-electron chi connectivity index (χ3n) is 2.45. The highest BCUT2D eigenvalue weighted by Crippen LogP contribution is 2.19. The molecule has 2 heteroatoms. The van der Waals surface area contributed by atoms with Crippen LogP contribution in [-0.2, 0) is 4.74 Å². The van der Waals surface area contributed by atoms with Crippen LogP contribution in [-0.4, -0.2) is 7.11 Å². The Labute approximate surface area is 106 Å². The molecule has 17 heavy (non-hydrogen) atoms. The molecule has 86 valence electrons. The van der Waals surface area contributed by atoms with Gasteiger partial charge in [-0.2, -0.15) is 0 Å². The van der Waals surface area contributed by atoms with E-state index in [-0.39, 0.29) is 0 Å². The molecule has 2 aromatic carbocycles. The normalized spacial score (nSPS) is 11.3. The molecule has 0 heterocycles. The Morgan fingerprint density at radius 1 is 1.00 bits per heavy atom.